The van der Waals surface area contributed by atoms with E-state index in [1.165, 1.54) is 4.68 Å². The Morgan fingerprint density at radius 1 is 0.700 bits per heavy atom. The van der Waals surface area contributed by atoms with Crippen LogP contribution in [0.1, 0.15) is 10.5 Å². The number of nitrogens with zero attached hydrogens (tertiary/aromatic N) is 2. The van der Waals surface area contributed by atoms with Gasteiger partial charge in [0.2, 0.25) is 0 Å². The molecule has 0 bridgehead atoms. The normalized spacial score (nSPS) is 10.9. The second kappa shape index (κ2) is 7.29. The smallest absolute Gasteiger partial charge is 0.364 e. The lowest BCUT2D eigenvalue weighted by Gasteiger charge is -2.11. The molecule has 1 aromatic heterocycles. The highest BCUT2D eigenvalue weighted by atomic mass is 16.5. The van der Waals surface area contributed by atoms with Crippen molar-refractivity contribution in [3.05, 3.63) is 113 Å². The van der Waals surface area contributed by atoms with Crippen molar-refractivity contribution in [2.45, 2.75) is 0 Å². The fraction of sp³-hybridized carbons (Fsp3) is 0. The van der Waals surface area contributed by atoms with Crippen LogP contribution >= 0.6 is 0 Å². The number of hydrogen-bond acceptors (Lipinski definition) is 4. The zero-order chi connectivity index (χ0) is 20.5. The molecule has 0 aliphatic heterocycles. The third-order valence-electron chi connectivity index (χ3n) is 4.95. The number of fused-ring (bicyclic) bond motifs is 2. The molecule has 0 N–H and O–H groups in total. The first-order valence-corrected chi connectivity index (χ1v) is 9.50. The van der Waals surface area contributed by atoms with Crippen LogP contribution in [0.25, 0.3) is 27.2 Å². The van der Waals surface area contributed by atoms with E-state index in [0.29, 0.717) is 22.2 Å². The van der Waals surface area contributed by atoms with Gasteiger partial charge in [-0.05, 0) is 29.7 Å². The van der Waals surface area contributed by atoms with Gasteiger partial charge in [-0.2, -0.15) is 9.78 Å². The largest absolute Gasteiger partial charge is 0.421 e. The van der Waals surface area contributed by atoms with Crippen LogP contribution in [-0.2, 0) is 0 Å². The monoisotopic (exact) mass is 392 g/mol. The Kier molecular flexibility index (Phi) is 4.33. The highest BCUT2D eigenvalue weighted by Gasteiger charge is 2.20. The maximum absolute atomic E-state index is 13.2. The Balaban J connectivity index is 1.67. The van der Waals surface area contributed by atoms with Crippen LogP contribution in [0.3, 0.4) is 0 Å². The molecule has 4 aromatic carbocycles. The van der Waals surface area contributed by atoms with E-state index in [-0.39, 0.29) is 11.3 Å². The Morgan fingerprint density at radius 2 is 1.33 bits per heavy atom. The summed E-state index contributed by atoms with van der Waals surface area (Å²) < 4.78 is 6.97. The Hall–Kier alpha value is -4.25. The van der Waals surface area contributed by atoms with Crippen molar-refractivity contribution >= 4 is 27.5 Å². The van der Waals surface area contributed by atoms with E-state index in [1.807, 2.05) is 54.6 Å². The molecule has 144 valence electrons. The van der Waals surface area contributed by atoms with Crippen molar-refractivity contribution in [3.63, 3.8) is 0 Å². The number of para-hydroxylation sites is 1. The first kappa shape index (κ1) is 17.8. The molecule has 0 unspecified atom stereocenters. The van der Waals surface area contributed by atoms with Gasteiger partial charge in [-0.1, -0.05) is 72.8 Å². The average molecular weight is 392 g/mol. The number of carbonyl (C=O) groups excluding carboxylic acids is 1. The topological polar surface area (TPSA) is 61.2 Å². The molecule has 5 nitrogen and oxygen atoms in total. The molecule has 30 heavy (non-hydrogen) atoms. The molecule has 5 rings (SSSR count). The summed E-state index contributed by atoms with van der Waals surface area (Å²) in [6.45, 7) is 0. The molecule has 0 amide bonds. The number of carbonyl (C=O) groups is 1. The molecule has 0 aliphatic rings. The van der Waals surface area contributed by atoms with Gasteiger partial charge in [0.25, 0.3) is 5.56 Å². The van der Waals surface area contributed by atoms with Crippen molar-refractivity contribution in [2.75, 3.05) is 0 Å². The van der Waals surface area contributed by atoms with E-state index in [1.54, 1.807) is 42.5 Å². The van der Waals surface area contributed by atoms with Crippen LogP contribution in [0.4, 0.5) is 0 Å². The summed E-state index contributed by atoms with van der Waals surface area (Å²) in [5.74, 6) is -0.173. The molecule has 0 atom stereocenters. The van der Waals surface area contributed by atoms with Crippen LogP contribution in [0.5, 0.6) is 5.75 Å². The van der Waals surface area contributed by atoms with Gasteiger partial charge in [0, 0.05) is 10.8 Å². The minimum atomic E-state index is -0.618. The van der Waals surface area contributed by atoms with E-state index in [0.717, 1.165) is 10.8 Å². The van der Waals surface area contributed by atoms with E-state index < -0.39 is 5.97 Å². The molecule has 0 saturated heterocycles. The molecular formula is C25H16N2O3. The van der Waals surface area contributed by atoms with E-state index in [9.17, 15) is 9.59 Å². The number of ether oxygens (including phenoxy) is 1. The number of rotatable bonds is 3. The molecule has 0 fully saturated rings. The summed E-state index contributed by atoms with van der Waals surface area (Å²) in [6.07, 6.45) is 0. The SMILES string of the molecule is O=C(Oc1cccc2ccccc12)c1nn(-c2ccccc2)c(=O)c2ccccc12. The molecule has 0 radical (unpaired) electrons. The molecule has 5 heteroatoms. The number of aromatic nitrogens is 2. The van der Waals surface area contributed by atoms with Gasteiger partial charge in [-0.15, -0.1) is 0 Å². The van der Waals surface area contributed by atoms with Crippen LogP contribution in [-0.4, -0.2) is 15.7 Å². The van der Waals surface area contributed by atoms with Crippen molar-refractivity contribution in [1.82, 2.24) is 9.78 Å². The zero-order valence-electron chi connectivity index (χ0n) is 15.9. The highest BCUT2D eigenvalue weighted by Crippen LogP contribution is 2.26. The molecule has 5 aromatic rings. The van der Waals surface area contributed by atoms with E-state index in [4.69, 9.17) is 4.74 Å². The minimum absolute atomic E-state index is 0.0852. The van der Waals surface area contributed by atoms with Crippen molar-refractivity contribution in [1.29, 1.82) is 0 Å². The molecule has 1 heterocycles. The Labute approximate surface area is 171 Å². The zero-order valence-corrected chi connectivity index (χ0v) is 15.9. The van der Waals surface area contributed by atoms with Gasteiger partial charge in [-0.3, -0.25) is 4.79 Å². The van der Waals surface area contributed by atoms with Crippen molar-refractivity contribution < 1.29 is 9.53 Å². The maximum atomic E-state index is 13.2. The lowest BCUT2D eigenvalue weighted by atomic mass is 10.1. The summed E-state index contributed by atoms with van der Waals surface area (Å²) in [4.78, 5) is 26.2. The van der Waals surface area contributed by atoms with Gasteiger partial charge in [0.1, 0.15) is 5.75 Å². The Morgan fingerprint density at radius 3 is 2.13 bits per heavy atom. The first-order valence-electron chi connectivity index (χ1n) is 9.50. The third-order valence-corrected chi connectivity index (χ3v) is 4.95. The molecule has 0 spiro atoms. The summed E-state index contributed by atoms with van der Waals surface area (Å²) >= 11 is 0. The number of hydrogen-bond donors (Lipinski definition) is 0. The van der Waals surface area contributed by atoms with Crippen LogP contribution in [0, 0.1) is 0 Å². The predicted molar refractivity (Wildman–Crippen MR) is 116 cm³/mol. The van der Waals surface area contributed by atoms with E-state index >= 15 is 0 Å². The molecule has 0 saturated carbocycles. The van der Waals surface area contributed by atoms with Crippen molar-refractivity contribution in [2.24, 2.45) is 0 Å². The van der Waals surface area contributed by atoms with Gasteiger partial charge in [0.05, 0.1) is 11.1 Å². The highest BCUT2D eigenvalue weighted by molar-refractivity contribution is 6.04. The lowest BCUT2D eigenvalue weighted by Crippen LogP contribution is -2.25. The van der Waals surface area contributed by atoms with Crippen molar-refractivity contribution in [3.8, 4) is 11.4 Å². The fourth-order valence-corrected chi connectivity index (χ4v) is 3.52. The molecular weight excluding hydrogens is 376 g/mol. The van der Waals surface area contributed by atoms with E-state index in [2.05, 4.69) is 5.10 Å². The molecule has 0 aliphatic carbocycles. The van der Waals surface area contributed by atoms with Gasteiger partial charge < -0.3 is 4.74 Å². The predicted octanol–water partition coefficient (Wildman–Crippen LogP) is 4.76. The van der Waals surface area contributed by atoms with Crippen LogP contribution < -0.4 is 10.3 Å². The van der Waals surface area contributed by atoms with Crippen LogP contribution in [0.15, 0.2) is 102 Å². The number of benzene rings is 4. The first-order chi connectivity index (χ1) is 14.7. The quantitative estimate of drug-likeness (QED) is 0.328. The Bertz CT molecular complexity index is 1450. The third kappa shape index (κ3) is 3.02. The lowest BCUT2D eigenvalue weighted by molar-refractivity contribution is 0.0731. The number of esters is 1. The fourth-order valence-electron chi connectivity index (χ4n) is 3.52. The summed E-state index contributed by atoms with van der Waals surface area (Å²) in [7, 11) is 0. The summed E-state index contributed by atoms with van der Waals surface area (Å²) in [5.41, 5.74) is 0.368. The minimum Gasteiger partial charge on any atom is -0.421 e. The van der Waals surface area contributed by atoms with Crippen LogP contribution in [0.2, 0.25) is 0 Å². The second-order valence-electron chi connectivity index (χ2n) is 6.81. The summed E-state index contributed by atoms with van der Waals surface area (Å²) in [6, 6.07) is 29.1. The standard InChI is InChI=1S/C25H16N2O3/c28-24-21-15-7-6-14-20(21)23(26-27(24)18-11-2-1-3-12-18)25(29)30-22-16-8-10-17-9-4-5-13-19(17)22/h1-16H. The second-order valence-corrected chi connectivity index (χ2v) is 6.81. The van der Waals surface area contributed by atoms with Gasteiger partial charge in [0.15, 0.2) is 5.69 Å². The summed E-state index contributed by atoms with van der Waals surface area (Å²) in [5, 5.41) is 7.03. The van der Waals surface area contributed by atoms with Gasteiger partial charge >= 0.3 is 5.97 Å². The average Bonchev–Trinajstić information content (AvgIpc) is 2.80. The van der Waals surface area contributed by atoms with Gasteiger partial charge in [-0.25, -0.2) is 4.79 Å². The maximum Gasteiger partial charge on any atom is 0.364 e.